The van der Waals surface area contributed by atoms with Crippen molar-refractivity contribution in [2.45, 2.75) is 246 Å². The van der Waals surface area contributed by atoms with Gasteiger partial charge >= 0.3 is 11.9 Å². The summed E-state index contributed by atoms with van der Waals surface area (Å²) >= 11 is 0. The molecule has 6 aromatic carbocycles. The number of esters is 2. The summed E-state index contributed by atoms with van der Waals surface area (Å²) in [5, 5.41) is 55.7. The average molecular weight is 1280 g/mol. The van der Waals surface area contributed by atoms with Crippen LogP contribution in [0.4, 0.5) is 11.4 Å². The summed E-state index contributed by atoms with van der Waals surface area (Å²) < 4.78 is 12.2. The molecular weight excluding hydrogens is 1170 g/mol. The fourth-order valence-corrected chi connectivity index (χ4v) is 11.9. The number of hydrogen-bond acceptors (Lipinski definition) is 14. The third kappa shape index (κ3) is 17.5. The van der Waals surface area contributed by atoms with Gasteiger partial charge in [0.1, 0.15) is 34.5 Å². The molecule has 2 aliphatic carbocycles. The van der Waals surface area contributed by atoms with Crippen LogP contribution in [0.2, 0.25) is 0 Å². The zero-order chi connectivity index (χ0) is 69.2. The summed E-state index contributed by atoms with van der Waals surface area (Å²) in [5.74, 6) is -0.255. The Bertz CT molecular complexity index is 3700. The van der Waals surface area contributed by atoms with Crippen LogP contribution in [0.15, 0.2) is 115 Å². The van der Waals surface area contributed by atoms with Gasteiger partial charge in [-0.05, 0) is 155 Å². The molecule has 14 nitrogen and oxygen atoms in total. The molecule has 500 valence electrons. The van der Waals surface area contributed by atoms with Crippen LogP contribution in [0.3, 0.4) is 0 Å². The molecule has 0 aliphatic heterocycles. The maximum atomic E-state index is 14.1. The van der Waals surface area contributed by atoms with Crippen molar-refractivity contribution in [1.29, 1.82) is 0 Å². The lowest BCUT2D eigenvalue weighted by Crippen LogP contribution is -2.27. The summed E-state index contributed by atoms with van der Waals surface area (Å²) in [5.41, 5.74) is 8.18. The van der Waals surface area contributed by atoms with Gasteiger partial charge in [-0.3, -0.25) is 20.0 Å². The van der Waals surface area contributed by atoms with Gasteiger partial charge < -0.3 is 29.9 Å². The minimum atomic E-state index is -0.642. The van der Waals surface area contributed by atoms with Crippen LogP contribution in [0.5, 0.6) is 34.5 Å². The molecule has 0 unspecified atom stereocenters. The molecule has 0 saturated heterocycles. The molecule has 6 aromatic rings. The van der Waals surface area contributed by atoms with Crippen molar-refractivity contribution in [3.8, 4) is 34.5 Å². The first-order valence-electron chi connectivity index (χ1n) is 33.4. The number of benzene rings is 6. The number of rotatable bonds is 14. The second kappa shape index (κ2) is 28.0. The fraction of sp³-hybridized carbons (Fsp3) is 0.475. The molecule has 0 bridgehead atoms. The quantitative estimate of drug-likeness (QED) is 0.0356. The molecule has 4 atom stereocenters. The van der Waals surface area contributed by atoms with Gasteiger partial charge in [0.05, 0.1) is 46.7 Å². The van der Waals surface area contributed by atoms with E-state index in [4.69, 9.17) is 29.4 Å². The van der Waals surface area contributed by atoms with Gasteiger partial charge in [0.2, 0.25) is 0 Å². The van der Waals surface area contributed by atoms with E-state index >= 15 is 0 Å². The van der Waals surface area contributed by atoms with Gasteiger partial charge in [-0.25, -0.2) is 9.59 Å². The Morgan fingerprint density at radius 1 is 0.372 bits per heavy atom. The molecular formula is C80H102N6O8. The van der Waals surface area contributed by atoms with Gasteiger partial charge in [-0.1, -0.05) is 175 Å². The second-order valence-electron chi connectivity index (χ2n) is 32.2. The minimum Gasteiger partial charge on any atom is -0.507 e. The Balaban J connectivity index is 0.993. The number of hydrogen-bond donors (Lipinski definition) is 4. The van der Waals surface area contributed by atoms with Crippen molar-refractivity contribution in [2.75, 3.05) is 0 Å². The molecule has 2 fully saturated rings. The molecule has 2 saturated carbocycles. The Hall–Kier alpha value is -8.26. The van der Waals surface area contributed by atoms with E-state index in [0.29, 0.717) is 44.8 Å². The summed E-state index contributed by atoms with van der Waals surface area (Å²) in [6.45, 7) is 41.2. The SMILES string of the molecule is Cc1ccc(C(=O)Oc2cc(C=N[C@H]3CCCC[C@@H]3N=Cc3cc(C(C)(C)C)cc(C(C)(C)C)c3O)c(O)c(C(C)(C)C)c2)cc1N=Nc1cc(C(=O)Oc2cc(C=N[C@@H]3CCCC[C@H]3N=Cc3cc(C(C)(C)C)cc(C(C)(C)C)c3O)c(O)c(C(C)(C)C)c2)ccc1C. The van der Waals surface area contributed by atoms with E-state index in [1.54, 1.807) is 85.5 Å². The second-order valence-corrected chi connectivity index (χ2v) is 32.2. The Morgan fingerprint density at radius 2 is 0.638 bits per heavy atom. The van der Waals surface area contributed by atoms with Crippen LogP contribution >= 0.6 is 0 Å². The van der Waals surface area contributed by atoms with E-state index in [9.17, 15) is 30.0 Å². The van der Waals surface area contributed by atoms with Gasteiger partial charge in [0.15, 0.2) is 0 Å². The van der Waals surface area contributed by atoms with Crippen LogP contribution < -0.4 is 9.47 Å². The highest BCUT2D eigenvalue weighted by atomic mass is 16.5. The van der Waals surface area contributed by atoms with Crippen molar-refractivity contribution in [2.24, 2.45) is 30.2 Å². The number of carbonyl (C=O) groups excluding carboxylic acids is 2. The lowest BCUT2D eigenvalue weighted by molar-refractivity contribution is 0.0724. The van der Waals surface area contributed by atoms with Crippen LogP contribution in [0.1, 0.15) is 263 Å². The van der Waals surface area contributed by atoms with E-state index in [1.165, 1.54) is 0 Å². The molecule has 4 N–H and O–H groups in total. The summed E-state index contributed by atoms with van der Waals surface area (Å²) in [6.07, 6.45) is 14.1. The number of azo groups is 1. The number of phenols is 4. The highest BCUT2D eigenvalue weighted by Crippen LogP contribution is 2.42. The van der Waals surface area contributed by atoms with Crippen LogP contribution in [-0.2, 0) is 32.5 Å². The molecule has 94 heavy (non-hydrogen) atoms. The first-order chi connectivity index (χ1) is 43.7. The van der Waals surface area contributed by atoms with Gasteiger partial charge in [0.25, 0.3) is 0 Å². The molecule has 0 radical (unpaired) electrons. The molecule has 8 rings (SSSR count). The lowest BCUT2D eigenvalue weighted by Gasteiger charge is -2.28. The summed E-state index contributed by atoms with van der Waals surface area (Å²) in [7, 11) is 0. The van der Waals surface area contributed by atoms with Crippen molar-refractivity contribution < 1.29 is 39.5 Å². The average Bonchev–Trinajstić information content (AvgIpc) is 0.813. The number of aryl methyl sites for hydroxylation is 2. The Kier molecular flexibility index (Phi) is 21.3. The number of phenolic OH excluding ortho intramolecular Hbond substituents is 4. The normalized spacial score (nSPS) is 18.1. The fourth-order valence-electron chi connectivity index (χ4n) is 11.9. The third-order valence-corrected chi connectivity index (χ3v) is 18.1. The van der Waals surface area contributed by atoms with Crippen LogP contribution in [-0.4, -0.2) is 81.4 Å². The standard InChI is InChI=1S/C80H102N6O8/c1-47-29-31-49(73(91)93-57-35-53(71(89)61(41-57)79(15,16)17)45-83-65-27-23-21-25-63(65)81-43-51-33-55(75(3,4)5)39-59(69(51)87)77(9,10)11)37-67(47)85-86-68-38-50(32-30-48(68)2)74(92)94-58-36-54(72(90)62(42-58)80(18,19)20)46-84-66-28-24-22-26-64(66)82-44-52-34-56(76(6,7)8)40-60(70(52)88)78(12,13)14/h29-46,63-66,87-90H,21-28H2,1-20H3/t63-,64+,65-,66+. The molecule has 0 amide bonds. The highest BCUT2D eigenvalue weighted by Gasteiger charge is 2.31. The number of ether oxygens (including phenoxy) is 2. The lowest BCUT2D eigenvalue weighted by atomic mass is 9.79. The Morgan fingerprint density at radius 3 is 0.904 bits per heavy atom. The maximum absolute atomic E-state index is 14.1. The summed E-state index contributed by atoms with van der Waals surface area (Å²) in [4.78, 5) is 48.5. The van der Waals surface area contributed by atoms with Gasteiger partial charge in [-0.2, -0.15) is 10.2 Å². The number of aromatic hydroxyl groups is 4. The zero-order valence-corrected chi connectivity index (χ0v) is 59.5. The predicted octanol–water partition coefficient (Wildman–Crippen LogP) is 19.5. The minimum absolute atomic E-state index is 0.0458. The zero-order valence-electron chi connectivity index (χ0n) is 59.5. The van der Waals surface area contributed by atoms with Crippen molar-refractivity contribution in [3.05, 3.63) is 163 Å². The monoisotopic (exact) mass is 1270 g/mol. The van der Waals surface area contributed by atoms with Crippen molar-refractivity contribution >= 4 is 48.2 Å². The first kappa shape index (κ1) is 71.6. The number of nitrogens with zero attached hydrogens (tertiary/aromatic N) is 6. The molecule has 0 spiro atoms. The number of aliphatic imine (C=N–C) groups is 4. The van der Waals surface area contributed by atoms with Gasteiger partial charge in [-0.15, -0.1) is 0 Å². The predicted molar refractivity (Wildman–Crippen MR) is 384 cm³/mol. The van der Waals surface area contributed by atoms with E-state index < -0.39 is 22.8 Å². The van der Waals surface area contributed by atoms with Crippen LogP contribution in [0, 0.1) is 13.8 Å². The molecule has 2 aliphatic rings. The van der Waals surface area contributed by atoms with E-state index in [1.807, 2.05) is 67.5 Å². The molecule has 14 heteroatoms. The van der Waals surface area contributed by atoms with Gasteiger partial charge in [0, 0.05) is 69.4 Å². The Labute approximate surface area is 559 Å². The number of carbonyl (C=O) groups is 2. The first-order valence-corrected chi connectivity index (χ1v) is 33.4. The van der Waals surface area contributed by atoms with Crippen LogP contribution in [0.25, 0.3) is 0 Å². The maximum Gasteiger partial charge on any atom is 0.343 e. The van der Waals surface area contributed by atoms with Crippen molar-refractivity contribution in [3.63, 3.8) is 0 Å². The third-order valence-electron chi connectivity index (χ3n) is 18.1. The smallest absolute Gasteiger partial charge is 0.343 e. The highest BCUT2D eigenvalue weighted by molar-refractivity contribution is 5.94. The van der Waals surface area contributed by atoms with E-state index in [0.717, 1.165) is 84.7 Å². The van der Waals surface area contributed by atoms with E-state index in [-0.39, 0.29) is 91.5 Å². The summed E-state index contributed by atoms with van der Waals surface area (Å²) in [6, 6.07) is 24.3. The van der Waals surface area contributed by atoms with E-state index in [2.05, 4.69) is 105 Å². The topological polar surface area (TPSA) is 208 Å². The molecule has 0 aromatic heterocycles. The van der Waals surface area contributed by atoms with Crippen molar-refractivity contribution in [1.82, 2.24) is 0 Å². The largest absolute Gasteiger partial charge is 0.507 e. The molecule has 0 heterocycles.